The summed E-state index contributed by atoms with van der Waals surface area (Å²) in [5.41, 5.74) is 1.10. The molecule has 0 bridgehead atoms. The fraction of sp³-hybridized carbons (Fsp3) is 0.409. The lowest BCUT2D eigenvalue weighted by atomic mass is 9.92. The van der Waals surface area contributed by atoms with E-state index in [1.807, 2.05) is 31.2 Å². The topological polar surface area (TPSA) is 106 Å². The molecule has 1 fully saturated rings. The van der Waals surface area contributed by atoms with E-state index in [2.05, 4.69) is 11.9 Å². The molecule has 7 nitrogen and oxygen atoms in total. The summed E-state index contributed by atoms with van der Waals surface area (Å²) < 4.78 is 14.4. The van der Waals surface area contributed by atoms with Crippen LogP contribution in [0, 0.1) is 29.6 Å². The van der Waals surface area contributed by atoms with Gasteiger partial charge in [-0.25, -0.2) is 13.2 Å². The SMILES string of the molecule is CCC1CC(O)CC1C(=N)N(C)C(=N)/C=N\c1cccn1S(=O)c1ccc(C)cc1. The first-order valence-corrected chi connectivity index (χ1v) is 11.2. The van der Waals surface area contributed by atoms with Crippen molar-refractivity contribution in [3.63, 3.8) is 0 Å². The van der Waals surface area contributed by atoms with Gasteiger partial charge in [0.25, 0.3) is 0 Å². The van der Waals surface area contributed by atoms with Gasteiger partial charge in [-0.2, -0.15) is 0 Å². The molecule has 1 aromatic heterocycles. The third-order valence-corrected chi connectivity index (χ3v) is 7.02. The van der Waals surface area contributed by atoms with Gasteiger partial charge in [-0.05, 0) is 49.9 Å². The van der Waals surface area contributed by atoms with Crippen molar-refractivity contribution in [1.29, 1.82) is 10.8 Å². The van der Waals surface area contributed by atoms with Crippen LogP contribution in [0.2, 0.25) is 0 Å². The maximum Gasteiger partial charge on any atom is 0.158 e. The molecule has 0 amide bonds. The molecule has 0 spiro atoms. The van der Waals surface area contributed by atoms with Gasteiger partial charge in [0.2, 0.25) is 0 Å². The fourth-order valence-electron chi connectivity index (χ4n) is 3.84. The van der Waals surface area contributed by atoms with E-state index in [0.29, 0.717) is 29.4 Å². The molecule has 1 heterocycles. The van der Waals surface area contributed by atoms with Crippen LogP contribution in [0.4, 0.5) is 5.82 Å². The van der Waals surface area contributed by atoms with Gasteiger partial charge in [-0.15, -0.1) is 0 Å². The van der Waals surface area contributed by atoms with Crippen LogP contribution in [0.1, 0.15) is 31.7 Å². The van der Waals surface area contributed by atoms with Crippen LogP contribution < -0.4 is 0 Å². The van der Waals surface area contributed by atoms with Crippen molar-refractivity contribution < 1.29 is 9.32 Å². The predicted octanol–water partition coefficient (Wildman–Crippen LogP) is 3.75. The minimum absolute atomic E-state index is 0.0540. The van der Waals surface area contributed by atoms with E-state index in [9.17, 15) is 9.32 Å². The van der Waals surface area contributed by atoms with E-state index < -0.39 is 11.0 Å². The Morgan fingerprint density at radius 1 is 1.30 bits per heavy atom. The normalized spacial score (nSPS) is 22.3. The van der Waals surface area contributed by atoms with Gasteiger partial charge in [0, 0.05) is 19.2 Å². The highest BCUT2D eigenvalue weighted by molar-refractivity contribution is 7.83. The number of rotatable bonds is 6. The van der Waals surface area contributed by atoms with E-state index >= 15 is 0 Å². The minimum Gasteiger partial charge on any atom is -0.393 e. The second-order valence-electron chi connectivity index (χ2n) is 7.74. The Hall–Kier alpha value is -2.58. The van der Waals surface area contributed by atoms with Crippen LogP contribution >= 0.6 is 0 Å². The van der Waals surface area contributed by atoms with Crippen LogP contribution in [-0.4, -0.2) is 49.2 Å². The summed E-state index contributed by atoms with van der Waals surface area (Å²) >= 11 is 0. The summed E-state index contributed by atoms with van der Waals surface area (Å²) in [4.78, 5) is 6.52. The smallest absolute Gasteiger partial charge is 0.158 e. The first kappa shape index (κ1) is 22.1. The number of aliphatic hydroxyl groups excluding tert-OH is 1. The summed E-state index contributed by atoms with van der Waals surface area (Å²) in [7, 11) is 0.245. The number of aromatic nitrogens is 1. The third kappa shape index (κ3) is 4.76. The molecule has 1 aliphatic carbocycles. The molecular formula is C22H29N5O2S. The summed E-state index contributed by atoms with van der Waals surface area (Å²) in [5.74, 6) is 1.08. The number of hydrogen-bond acceptors (Lipinski definition) is 5. The number of nitrogens with zero attached hydrogens (tertiary/aromatic N) is 3. The molecule has 1 saturated carbocycles. The zero-order valence-corrected chi connectivity index (χ0v) is 18.4. The number of aliphatic hydroxyl groups is 1. The van der Waals surface area contributed by atoms with E-state index in [4.69, 9.17) is 10.8 Å². The minimum atomic E-state index is -1.43. The van der Waals surface area contributed by atoms with Crippen molar-refractivity contribution in [1.82, 2.24) is 8.87 Å². The molecule has 3 N–H and O–H groups in total. The molecule has 1 aliphatic rings. The Balaban J connectivity index is 1.71. The summed E-state index contributed by atoms with van der Waals surface area (Å²) in [6.45, 7) is 4.05. The van der Waals surface area contributed by atoms with Crippen LogP contribution in [-0.2, 0) is 11.0 Å². The average Bonchev–Trinajstić information content (AvgIpc) is 3.37. The van der Waals surface area contributed by atoms with Crippen LogP contribution in [0.15, 0.2) is 52.5 Å². The van der Waals surface area contributed by atoms with Gasteiger partial charge in [-0.3, -0.25) is 10.8 Å². The fourth-order valence-corrected chi connectivity index (χ4v) is 4.89. The molecule has 1 aromatic carbocycles. The number of nitrogens with one attached hydrogen (secondary N) is 2. The van der Waals surface area contributed by atoms with Crippen molar-refractivity contribution >= 4 is 34.7 Å². The van der Waals surface area contributed by atoms with E-state index in [1.54, 1.807) is 29.3 Å². The first-order valence-electron chi connectivity index (χ1n) is 10.1. The second-order valence-corrected chi connectivity index (χ2v) is 9.11. The highest BCUT2D eigenvalue weighted by atomic mass is 32.2. The zero-order chi connectivity index (χ0) is 21.8. The summed E-state index contributed by atoms with van der Waals surface area (Å²) in [5, 5.41) is 26.8. The van der Waals surface area contributed by atoms with Crippen LogP contribution in [0.25, 0.3) is 0 Å². The van der Waals surface area contributed by atoms with Gasteiger partial charge in [0.05, 0.1) is 17.2 Å². The van der Waals surface area contributed by atoms with Gasteiger partial charge in [0.1, 0.15) is 17.5 Å². The maximum atomic E-state index is 12.9. The highest BCUT2D eigenvalue weighted by Crippen LogP contribution is 2.35. The number of aliphatic imine (C=N–C) groups is 1. The summed E-state index contributed by atoms with van der Waals surface area (Å²) in [6.07, 6.45) is 4.86. The standard InChI is InChI=1S/C22H29N5O2S/c1-4-16-12-17(28)13-19(16)22(24)26(3)20(23)14-25-21-6-5-11-27(21)30(29)18-9-7-15(2)8-10-18/h5-11,14,16-17,19,23-24,28H,4,12-13H2,1-3H3/b23-20?,24-22?,25-14-. The average molecular weight is 428 g/mol. The van der Waals surface area contributed by atoms with Crippen molar-refractivity contribution in [2.75, 3.05) is 7.05 Å². The lowest BCUT2D eigenvalue weighted by molar-refractivity contribution is 0.176. The number of hydrogen-bond donors (Lipinski definition) is 3. The molecular weight excluding hydrogens is 398 g/mol. The van der Waals surface area contributed by atoms with Gasteiger partial charge in [0.15, 0.2) is 11.0 Å². The Bertz CT molecular complexity index is 966. The Morgan fingerprint density at radius 2 is 2.00 bits per heavy atom. The van der Waals surface area contributed by atoms with E-state index in [-0.39, 0.29) is 23.8 Å². The van der Waals surface area contributed by atoms with E-state index in [0.717, 1.165) is 12.0 Å². The quantitative estimate of drug-likeness (QED) is 0.483. The molecule has 160 valence electrons. The Labute approximate surface area is 180 Å². The van der Waals surface area contributed by atoms with Crippen LogP contribution in [0.3, 0.4) is 0 Å². The molecule has 2 aromatic rings. The second kappa shape index (κ2) is 9.49. The van der Waals surface area contributed by atoms with Crippen LogP contribution in [0.5, 0.6) is 0 Å². The van der Waals surface area contributed by atoms with Crippen molar-refractivity contribution in [2.24, 2.45) is 16.8 Å². The van der Waals surface area contributed by atoms with Gasteiger partial charge >= 0.3 is 0 Å². The Kier molecular flexibility index (Phi) is 6.99. The maximum absolute atomic E-state index is 12.9. The highest BCUT2D eigenvalue weighted by Gasteiger charge is 2.36. The molecule has 4 unspecified atom stereocenters. The van der Waals surface area contributed by atoms with Gasteiger partial charge in [-0.1, -0.05) is 31.0 Å². The zero-order valence-electron chi connectivity index (χ0n) is 17.6. The molecule has 30 heavy (non-hydrogen) atoms. The largest absolute Gasteiger partial charge is 0.393 e. The Morgan fingerprint density at radius 3 is 2.67 bits per heavy atom. The molecule has 0 aliphatic heterocycles. The first-order chi connectivity index (χ1) is 14.3. The predicted molar refractivity (Wildman–Crippen MR) is 121 cm³/mol. The lowest BCUT2D eigenvalue weighted by Gasteiger charge is -2.26. The molecule has 4 atom stereocenters. The molecule has 8 heteroatoms. The number of amidine groups is 2. The van der Waals surface area contributed by atoms with Crippen molar-refractivity contribution in [3.8, 4) is 0 Å². The molecule has 3 rings (SSSR count). The third-order valence-electron chi connectivity index (χ3n) is 5.68. The van der Waals surface area contributed by atoms with Crippen molar-refractivity contribution in [2.45, 2.75) is 44.1 Å². The van der Waals surface area contributed by atoms with Crippen molar-refractivity contribution in [3.05, 3.63) is 48.2 Å². The number of aryl methyl sites for hydroxylation is 1. The monoisotopic (exact) mass is 427 g/mol. The van der Waals surface area contributed by atoms with E-state index in [1.165, 1.54) is 11.1 Å². The lowest BCUT2D eigenvalue weighted by Crippen LogP contribution is -2.38. The number of benzene rings is 1. The summed E-state index contributed by atoms with van der Waals surface area (Å²) in [6, 6.07) is 11.0. The molecule has 0 saturated heterocycles. The van der Waals surface area contributed by atoms with Gasteiger partial charge < -0.3 is 10.0 Å². The molecule has 0 radical (unpaired) electrons.